The van der Waals surface area contributed by atoms with Crippen molar-refractivity contribution in [3.63, 3.8) is 0 Å². The van der Waals surface area contributed by atoms with E-state index >= 15 is 0 Å². The summed E-state index contributed by atoms with van der Waals surface area (Å²) in [6.07, 6.45) is -4.27. The Balaban J connectivity index is 2.13. The minimum atomic E-state index is -4.97. The summed E-state index contributed by atoms with van der Waals surface area (Å²) in [6, 6.07) is 15.3. The zero-order chi connectivity index (χ0) is 21.3. The zero-order valence-corrected chi connectivity index (χ0v) is 15.8. The molecule has 2 aromatic rings. The summed E-state index contributed by atoms with van der Waals surface area (Å²) in [5.41, 5.74) is -1.62. The fourth-order valence-corrected chi connectivity index (χ4v) is 2.68. The van der Waals surface area contributed by atoms with E-state index in [9.17, 15) is 23.3 Å². The number of nitro groups is 1. The van der Waals surface area contributed by atoms with Crippen molar-refractivity contribution in [2.24, 2.45) is 5.16 Å². The molecule has 156 valence electrons. The van der Waals surface area contributed by atoms with Gasteiger partial charge in [0.1, 0.15) is 5.75 Å². The molecule has 0 radical (unpaired) electrons. The van der Waals surface area contributed by atoms with Crippen LogP contribution in [0.5, 0.6) is 5.75 Å². The van der Waals surface area contributed by atoms with Gasteiger partial charge in [0.05, 0.1) is 7.11 Å². The number of methoxy groups -OCH3 is 1. The Kier molecular flexibility index (Phi) is 7.58. The largest absolute Gasteiger partial charge is 0.497 e. The number of rotatable bonds is 10. The van der Waals surface area contributed by atoms with Gasteiger partial charge in [-0.05, 0) is 29.7 Å². The highest BCUT2D eigenvalue weighted by Crippen LogP contribution is 2.38. The van der Waals surface area contributed by atoms with Crippen molar-refractivity contribution in [3.05, 3.63) is 75.8 Å². The van der Waals surface area contributed by atoms with Gasteiger partial charge in [-0.3, -0.25) is 10.1 Å². The summed E-state index contributed by atoms with van der Waals surface area (Å²) in [5, 5.41) is 14.4. The monoisotopic (exact) mass is 410 g/mol. The molecule has 1 atom stereocenters. The molecule has 0 aliphatic heterocycles. The molecule has 9 heteroatoms. The first-order valence-electron chi connectivity index (χ1n) is 8.81. The molecule has 0 fully saturated rings. The topological polar surface area (TPSA) is 74.0 Å². The van der Waals surface area contributed by atoms with Crippen molar-refractivity contribution in [2.45, 2.75) is 31.0 Å². The maximum Gasteiger partial charge on any atom is 0.437 e. The smallest absolute Gasteiger partial charge is 0.437 e. The Labute approximate surface area is 166 Å². The molecular formula is C20H21F3N2O4. The normalized spacial score (nSPS) is 13.8. The molecule has 0 bridgehead atoms. The highest BCUT2D eigenvalue weighted by Gasteiger charge is 2.61. The average Bonchev–Trinajstić information content (AvgIpc) is 2.69. The third-order valence-corrected chi connectivity index (χ3v) is 4.35. The van der Waals surface area contributed by atoms with Crippen molar-refractivity contribution in [3.8, 4) is 5.75 Å². The van der Waals surface area contributed by atoms with E-state index in [1.54, 1.807) is 54.6 Å². The van der Waals surface area contributed by atoms with E-state index in [0.29, 0.717) is 11.3 Å². The average molecular weight is 410 g/mol. The van der Waals surface area contributed by atoms with Gasteiger partial charge in [0.2, 0.25) is 0 Å². The van der Waals surface area contributed by atoms with Crippen LogP contribution in [0, 0.1) is 10.1 Å². The van der Waals surface area contributed by atoms with Gasteiger partial charge in [-0.15, -0.1) is 0 Å². The molecule has 29 heavy (non-hydrogen) atoms. The van der Waals surface area contributed by atoms with Crippen LogP contribution in [-0.2, 0) is 17.7 Å². The van der Waals surface area contributed by atoms with E-state index in [0.717, 1.165) is 11.8 Å². The van der Waals surface area contributed by atoms with Crippen molar-refractivity contribution in [2.75, 3.05) is 13.7 Å². The van der Waals surface area contributed by atoms with E-state index in [1.807, 2.05) is 0 Å². The van der Waals surface area contributed by atoms with E-state index in [1.165, 1.54) is 7.11 Å². The van der Waals surface area contributed by atoms with E-state index < -0.39 is 29.7 Å². The molecule has 0 amide bonds. The number of aryl methyl sites for hydroxylation is 1. The third-order valence-electron chi connectivity index (χ3n) is 4.35. The van der Waals surface area contributed by atoms with Gasteiger partial charge < -0.3 is 9.57 Å². The molecule has 0 aromatic heterocycles. The first-order valence-corrected chi connectivity index (χ1v) is 8.81. The van der Waals surface area contributed by atoms with Crippen molar-refractivity contribution >= 4 is 6.21 Å². The van der Waals surface area contributed by atoms with Crippen molar-refractivity contribution < 1.29 is 27.7 Å². The lowest BCUT2D eigenvalue weighted by Gasteiger charge is -2.29. The van der Waals surface area contributed by atoms with Gasteiger partial charge in [-0.2, -0.15) is 13.2 Å². The second kappa shape index (κ2) is 9.90. The van der Waals surface area contributed by atoms with Gasteiger partial charge in [-0.1, -0.05) is 47.6 Å². The molecule has 2 aromatic carbocycles. The molecule has 0 heterocycles. The third kappa shape index (κ3) is 6.48. The number of hydrogen-bond acceptors (Lipinski definition) is 5. The minimum Gasteiger partial charge on any atom is -0.497 e. The Morgan fingerprint density at radius 2 is 1.72 bits per heavy atom. The molecule has 0 aliphatic rings. The lowest BCUT2D eigenvalue weighted by molar-refractivity contribution is -0.519. The molecule has 0 N–H and O–H groups in total. The van der Waals surface area contributed by atoms with Crippen LogP contribution in [0.15, 0.2) is 59.8 Å². The molecular weight excluding hydrogens is 389 g/mol. The van der Waals surface area contributed by atoms with Crippen LogP contribution in [0.3, 0.4) is 0 Å². The number of benzene rings is 2. The summed E-state index contributed by atoms with van der Waals surface area (Å²) in [6.45, 7) is -1.43. The molecule has 2 rings (SSSR count). The van der Waals surface area contributed by atoms with Crippen molar-refractivity contribution in [1.82, 2.24) is 0 Å². The van der Waals surface area contributed by atoms with Crippen LogP contribution in [-0.4, -0.2) is 36.6 Å². The van der Waals surface area contributed by atoms with Crippen LogP contribution in [0.2, 0.25) is 0 Å². The summed E-state index contributed by atoms with van der Waals surface area (Å²) < 4.78 is 46.3. The zero-order valence-electron chi connectivity index (χ0n) is 15.8. The predicted molar refractivity (Wildman–Crippen MR) is 102 cm³/mol. The second-order valence-electron chi connectivity index (χ2n) is 6.40. The first-order chi connectivity index (χ1) is 13.8. The minimum absolute atomic E-state index is 0.0395. The SMILES string of the molecule is COc1ccc(C/C=N/O[C@@](CCc2ccccc2)(C[N+](=O)[O-])C(F)(F)F)cc1. The molecule has 0 spiro atoms. The van der Waals surface area contributed by atoms with E-state index in [2.05, 4.69) is 5.16 Å². The summed E-state index contributed by atoms with van der Waals surface area (Å²) >= 11 is 0. The standard InChI is InChI=1S/C20H21F3N2O4/c1-28-18-9-7-17(8-10-18)12-14-24-29-19(15-25(26)27,20(21,22)23)13-11-16-5-3-2-4-6-16/h2-10,14H,11-13,15H2,1H3/b24-14+/t19-/m0/s1. The predicted octanol–water partition coefficient (Wildman–Crippen LogP) is 4.45. The van der Waals surface area contributed by atoms with Gasteiger partial charge in [-0.25, -0.2) is 0 Å². The molecule has 6 nitrogen and oxygen atoms in total. The van der Waals surface area contributed by atoms with Gasteiger partial charge in [0, 0.05) is 24.0 Å². The maximum absolute atomic E-state index is 13.8. The molecule has 0 saturated carbocycles. The van der Waals surface area contributed by atoms with Crippen LogP contribution in [0.4, 0.5) is 13.2 Å². The molecule has 0 saturated heterocycles. The van der Waals surface area contributed by atoms with Crippen LogP contribution in [0.1, 0.15) is 17.5 Å². The van der Waals surface area contributed by atoms with Crippen LogP contribution < -0.4 is 4.74 Å². The fourth-order valence-electron chi connectivity index (χ4n) is 2.68. The first kappa shape index (κ1) is 22.2. The number of nitrogens with zero attached hydrogens (tertiary/aromatic N) is 2. The second-order valence-corrected chi connectivity index (χ2v) is 6.40. The molecule has 0 aliphatic carbocycles. The van der Waals surface area contributed by atoms with Gasteiger partial charge >= 0.3 is 6.18 Å². The van der Waals surface area contributed by atoms with E-state index in [-0.39, 0.29) is 12.8 Å². The van der Waals surface area contributed by atoms with Crippen molar-refractivity contribution in [1.29, 1.82) is 0 Å². The number of hydrogen-bond donors (Lipinski definition) is 0. The van der Waals surface area contributed by atoms with Crippen LogP contribution in [0.25, 0.3) is 0 Å². The summed E-state index contributed by atoms with van der Waals surface area (Å²) in [4.78, 5) is 14.7. The summed E-state index contributed by atoms with van der Waals surface area (Å²) in [7, 11) is 1.52. The Morgan fingerprint density at radius 3 is 2.28 bits per heavy atom. The molecule has 0 unspecified atom stereocenters. The van der Waals surface area contributed by atoms with Gasteiger partial charge in [0.25, 0.3) is 12.1 Å². The Hall–Kier alpha value is -3.10. The summed E-state index contributed by atoms with van der Waals surface area (Å²) in [5.74, 6) is 0.643. The number of alkyl halides is 3. The van der Waals surface area contributed by atoms with E-state index in [4.69, 9.17) is 9.57 Å². The van der Waals surface area contributed by atoms with Gasteiger partial charge in [0.15, 0.2) is 0 Å². The number of oxime groups is 1. The quantitative estimate of drug-likeness (QED) is 0.330. The Morgan fingerprint density at radius 1 is 1.07 bits per heavy atom. The van der Waals surface area contributed by atoms with Crippen LogP contribution >= 0.6 is 0 Å². The number of halogens is 3. The highest BCUT2D eigenvalue weighted by molar-refractivity contribution is 5.60. The highest BCUT2D eigenvalue weighted by atomic mass is 19.4. The number of ether oxygens (including phenoxy) is 1. The lowest BCUT2D eigenvalue weighted by Crippen LogP contribution is -2.52. The maximum atomic E-state index is 13.8. The lowest BCUT2D eigenvalue weighted by atomic mass is 9.94. The Bertz CT molecular complexity index is 811. The fraction of sp³-hybridized carbons (Fsp3) is 0.350.